The molecule has 0 aliphatic heterocycles. The van der Waals surface area contributed by atoms with Gasteiger partial charge in [-0.05, 0) is 29.7 Å². The highest BCUT2D eigenvalue weighted by atomic mass is 19.1. The Morgan fingerprint density at radius 2 is 2.00 bits per heavy atom. The number of furan rings is 1. The Balaban J connectivity index is 2.08. The van der Waals surface area contributed by atoms with Gasteiger partial charge >= 0.3 is 0 Å². The molecular formula is C17H20FNO3. The van der Waals surface area contributed by atoms with E-state index in [2.05, 4.69) is 5.32 Å². The maximum atomic E-state index is 13.0. The molecule has 22 heavy (non-hydrogen) atoms. The number of amides is 1. The van der Waals surface area contributed by atoms with Crippen molar-refractivity contribution in [2.45, 2.75) is 26.4 Å². The maximum Gasteiger partial charge on any atom is 0.287 e. The van der Waals surface area contributed by atoms with Gasteiger partial charge in [-0.1, -0.05) is 32.4 Å². The smallest absolute Gasteiger partial charge is 0.287 e. The average molecular weight is 305 g/mol. The molecule has 2 aromatic rings. The SMILES string of the molecule is CCC(C)C(O)CNC(=O)c1occc1-c1ccc(F)cc1. The fraction of sp³-hybridized carbons (Fsp3) is 0.353. The van der Waals surface area contributed by atoms with Gasteiger partial charge in [0.05, 0.1) is 12.4 Å². The van der Waals surface area contributed by atoms with Crippen molar-refractivity contribution < 1.29 is 18.7 Å². The second kappa shape index (κ2) is 7.22. The number of benzene rings is 1. The third kappa shape index (κ3) is 3.74. The molecule has 1 aromatic heterocycles. The zero-order valence-corrected chi connectivity index (χ0v) is 12.7. The van der Waals surface area contributed by atoms with Crippen LogP contribution in [0, 0.1) is 11.7 Å². The minimum absolute atomic E-state index is 0.105. The molecule has 0 fully saturated rings. The van der Waals surface area contributed by atoms with E-state index in [0.717, 1.165) is 6.42 Å². The highest BCUT2D eigenvalue weighted by Gasteiger charge is 2.19. The van der Waals surface area contributed by atoms with Crippen LogP contribution in [0.5, 0.6) is 0 Å². The first kappa shape index (κ1) is 16.2. The van der Waals surface area contributed by atoms with Gasteiger partial charge in [-0.15, -0.1) is 0 Å². The van der Waals surface area contributed by atoms with E-state index in [0.29, 0.717) is 11.1 Å². The number of carbonyl (C=O) groups excluding carboxylic acids is 1. The molecule has 1 amide bonds. The number of aliphatic hydroxyl groups is 1. The Kier molecular flexibility index (Phi) is 5.33. The third-order valence-corrected chi connectivity index (χ3v) is 3.80. The first-order valence-corrected chi connectivity index (χ1v) is 7.32. The van der Waals surface area contributed by atoms with Crippen molar-refractivity contribution in [3.8, 4) is 11.1 Å². The van der Waals surface area contributed by atoms with E-state index in [1.54, 1.807) is 18.2 Å². The van der Waals surface area contributed by atoms with Gasteiger partial charge in [0.25, 0.3) is 5.91 Å². The standard InChI is InChI=1S/C17H20FNO3/c1-3-11(2)15(20)10-19-17(21)16-14(8-9-22-16)12-4-6-13(18)7-5-12/h4-9,11,15,20H,3,10H2,1-2H3,(H,19,21). The quantitative estimate of drug-likeness (QED) is 0.861. The summed E-state index contributed by atoms with van der Waals surface area (Å²) in [6, 6.07) is 7.50. The second-order valence-electron chi connectivity index (χ2n) is 5.33. The van der Waals surface area contributed by atoms with Crippen LogP contribution < -0.4 is 5.32 Å². The molecule has 0 aliphatic carbocycles. The molecule has 0 radical (unpaired) electrons. The van der Waals surface area contributed by atoms with Crippen LogP contribution in [-0.2, 0) is 0 Å². The highest BCUT2D eigenvalue weighted by molar-refractivity contribution is 5.98. The van der Waals surface area contributed by atoms with Crippen molar-refractivity contribution in [2.75, 3.05) is 6.54 Å². The summed E-state index contributed by atoms with van der Waals surface area (Å²) in [4.78, 5) is 12.2. The van der Waals surface area contributed by atoms with Gasteiger partial charge < -0.3 is 14.8 Å². The summed E-state index contributed by atoms with van der Waals surface area (Å²) in [5.74, 6) is -0.474. The number of aliphatic hydroxyl groups excluding tert-OH is 1. The summed E-state index contributed by atoms with van der Waals surface area (Å²) in [7, 11) is 0. The minimum atomic E-state index is -0.599. The number of nitrogens with one attached hydrogen (secondary N) is 1. The van der Waals surface area contributed by atoms with Crippen LogP contribution in [0.2, 0.25) is 0 Å². The van der Waals surface area contributed by atoms with E-state index >= 15 is 0 Å². The van der Waals surface area contributed by atoms with E-state index in [1.807, 2.05) is 13.8 Å². The second-order valence-corrected chi connectivity index (χ2v) is 5.33. The molecule has 1 aromatic carbocycles. The normalized spacial score (nSPS) is 13.6. The summed E-state index contributed by atoms with van der Waals surface area (Å²) in [6.45, 7) is 4.07. The Hall–Kier alpha value is -2.14. The molecule has 2 rings (SSSR count). The van der Waals surface area contributed by atoms with Gasteiger partial charge in [0, 0.05) is 12.1 Å². The van der Waals surface area contributed by atoms with Crippen LogP contribution >= 0.6 is 0 Å². The predicted molar refractivity (Wildman–Crippen MR) is 81.9 cm³/mol. The zero-order chi connectivity index (χ0) is 16.1. The topological polar surface area (TPSA) is 62.5 Å². The lowest BCUT2D eigenvalue weighted by molar-refractivity contribution is 0.0828. The molecule has 0 spiro atoms. The number of hydrogen-bond donors (Lipinski definition) is 2. The zero-order valence-electron chi connectivity index (χ0n) is 12.7. The molecule has 2 atom stereocenters. The molecule has 118 valence electrons. The fourth-order valence-corrected chi connectivity index (χ4v) is 2.09. The fourth-order valence-electron chi connectivity index (χ4n) is 2.09. The summed E-state index contributed by atoms with van der Waals surface area (Å²) < 4.78 is 18.2. The van der Waals surface area contributed by atoms with Gasteiger partial charge in [-0.3, -0.25) is 4.79 Å². The third-order valence-electron chi connectivity index (χ3n) is 3.80. The van der Waals surface area contributed by atoms with Crippen molar-refractivity contribution in [1.82, 2.24) is 5.32 Å². The molecule has 0 saturated carbocycles. The first-order valence-electron chi connectivity index (χ1n) is 7.32. The minimum Gasteiger partial charge on any atom is -0.459 e. The van der Waals surface area contributed by atoms with Crippen LogP contribution in [0.3, 0.4) is 0 Å². The van der Waals surface area contributed by atoms with Crippen LogP contribution in [0.25, 0.3) is 11.1 Å². The number of carbonyl (C=O) groups is 1. The Labute approximate surface area is 129 Å². The lowest BCUT2D eigenvalue weighted by Crippen LogP contribution is -2.35. The number of hydrogen-bond acceptors (Lipinski definition) is 3. The molecule has 2 unspecified atom stereocenters. The molecule has 1 heterocycles. The highest BCUT2D eigenvalue weighted by Crippen LogP contribution is 2.25. The van der Waals surface area contributed by atoms with Gasteiger partial charge in [-0.25, -0.2) is 4.39 Å². The molecule has 4 nitrogen and oxygen atoms in total. The van der Waals surface area contributed by atoms with Crippen LogP contribution in [0.4, 0.5) is 4.39 Å². The molecule has 0 saturated heterocycles. The van der Waals surface area contributed by atoms with E-state index in [1.165, 1.54) is 18.4 Å². The Morgan fingerprint density at radius 3 is 2.64 bits per heavy atom. The molecule has 5 heteroatoms. The summed E-state index contributed by atoms with van der Waals surface area (Å²) >= 11 is 0. The molecule has 0 aliphatic rings. The van der Waals surface area contributed by atoms with Gasteiger partial charge in [-0.2, -0.15) is 0 Å². The summed E-state index contributed by atoms with van der Waals surface area (Å²) in [5, 5.41) is 12.6. The van der Waals surface area contributed by atoms with Crippen LogP contribution in [0.15, 0.2) is 41.0 Å². The van der Waals surface area contributed by atoms with Crippen LogP contribution in [-0.4, -0.2) is 23.7 Å². The van der Waals surface area contributed by atoms with Gasteiger partial charge in [0.15, 0.2) is 5.76 Å². The lowest BCUT2D eigenvalue weighted by Gasteiger charge is -2.17. The lowest BCUT2D eigenvalue weighted by atomic mass is 10.0. The number of halogens is 1. The van der Waals surface area contributed by atoms with Gasteiger partial charge in [0.1, 0.15) is 5.82 Å². The van der Waals surface area contributed by atoms with E-state index in [4.69, 9.17) is 4.42 Å². The Bertz CT molecular complexity index is 621. The first-order chi connectivity index (χ1) is 10.5. The molecule has 0 bridgehead atoms. The largest absolute Gasteiger partial charge is 0.459 e. The summed E-state index contributed by atoms with van der Waals surface area (Å²) in [5.41, 5.74) is 1.29. The van der Waals surface area contributed by atoms with Crippen molar-refractivity contribution in [2.24, 2.45) is 5.92 Å². The van der Waals surface area contributed by atoms with Crippen molar-refractivity contribution in [3.05, 3.63) is 48.2 Å². The Morgan fingerprint density at radius 1 is 1.32 bits per heavy atom. The summed E-state index contributed by atoms with van der Waals surface area (Å²) in [6.07, 6.45) is 1.65. The predicted octanol–water partition coefficient (Wildman–Crippen LogP) is 3.22. The van der Waals surface area contributed by atoms with Crippen molar-refractivity contribution in [3.63, 3.8) is 0 Å². The van der Waals surface area contributed by atoms with Crippen molar-refractivity contribution in [1.29, 1.82) is 0 Å². The van der Waals surface area contributed by atoms with E-state index in [-0.39, 0.29) is 24.0 Å². The number of rotatable bonds is 6. The molecular weight excluding hydrogens is 285 g/mol. The van der Waals surface area contributed by atoms with E-state index < -0.39 is 12.0 Å². The van der Waals surface area contributed by atoms with E-state index in [9.17, 15) is 14.3 Å². The van der Waals surface area contributed by atoms with Crippen LogP contribution in [0.1, 0.15) is 30.8 Å². The average Bonchev–Trinajstić information content (AvgIpc) is 3.01. The molecule has 2 N–H and O–H groups in total. The van der Waals surface area contributed by atoms with Crippen molar-refractivity contribution >= 4 is 5.91 Å². The monoisotopic (exact) mass is 305 g/mol. The van der Waals surface area contributed by atoms with Gasteiger partial charge in [0.2, 0.25) is 0 Å². The maximum absolute atomic E-state index is 13.0.